The van der Waals surface area contributed by atoms with E-state index in [2.05, 4.69) is 5.32 Å². The van der Waals surface area contributed by atoms with Crippen LogP contribution in [0.2, 0.25) is 5.02 Å². The summed E-state index contributed by atoms with van der Waals surface area (Å²) in [5.41, 5.74) is 0.983. The fourth-order valence-corrected chi connectivity index (χ4v) is 2.27. The van der Waals surface area contributed by atoms with Crippen LogP contribution in [0.3, 0.4) is 0 Å². The first-order valence-electron chi connectivity index (χ1n) is 7.80. The summed E-state index contributed by atoms with van der Waals surface area (Å²) in [7, 11) is 0. The Morgan fingerprint density at radius 3 is 2.32 bits per heavy atom. The topological polar surface area (TPSA) is 72.5 Å². The van der Waals surface area contributed by atoms with Crippen LogP contribution in [-0.4, -0.2) is 23.8 Å². The van der Waals surface area contributed by atoms with Crippen molar-refractivity contribution in [2.75, 3.05) is 5.32 Å². The van der Waals surface area contributed by atoms with Gasteiger partial charge in [-0.15, -0.1) is 0 Å². The van der Waals surface area contributed by atoms with Gasteiger partial charge in [-0.1, -0.05) is 54.1 Å². The van der Waals surface area contributed by atoms with Gasteiger partial charge in [0.1, 0.15) is 0 Å². The number of hydrogen-bond acceptors (Lipinski definition) is 4. The number of hydrogen-bond donors (Lipinski definition) is 1. The van der Waals surface area contributed by atoms with Crippen molar-refractivity contribution in [3.8, 4) is 0 Å². The highest BCUT2D eigenvalue weighted by Crippen LogP contribution is 2.20. The number of esters is 1. The minimum atomic E-state index is -0.990. The fourth-order valence-electron chi connectivity index (χ4n) is 2.09. The molecule has 0 saturated heterocycles. The zero-order chi connectivity index (χ0) is 18.2. The number of halogens is 1. The minimum absolute atomic E-state index is 0.0295. The third kappa shape index (κ3) is 5.72. The van der Waals surface area contributed by atoms with Crippen molar-refractivity contribution in [1.29, 1.82) is 0 Å². The van der Waals surface area contributed by atoms with E-state index in [1.807, 2.05) is 6.07 Å². The number of carbonyl (C=O) groups is 3. The largest absolute Gasteiger partial charge is 0.453 e. The number of para-hydroxylation sites is 1. The molecular weight excluding hydrogens is 342 g/mol. The molecule has 0 aromatic heterocycles. The Kier molecular flexibility index (Phi) is 6.71. The Balaban J connectivity index is 1.80. The summed E-state index contributed by atoms with van der Waals surface area (Å²) in [5.74, 6) is -1.24. The van der Waals surface area contributed by atoms with Gasteiger partial charge in [-0.3, -0.25) is 14.4 Å². The molecule has 0 aliphatic heterocycles. The van der Waals surface area contributed by atoms with Crippen molar-refractivity contribution < 1.29 is 19.1 Å². The molecule has 2 aromatic rings. The average molecular weight is 360 g/mol. The first kappa shape index (κ1) is 18.7. The summed E-state index contributed by atoms with van der Waals surface area (Å²) in [6, 6.07) is 15.5. The van der Waals surface area contributed by atoms with E-state index in [1.165, 1.54) is 6.92 Å². The standard InChI is InChI=1S/C19H18ClNO4/c1-13(19(24)21-16-10-6-5-9-15(16)20)25-18(23)12-11-17(22)14-7-3-2-4-8-14/h2-10,13H,11-12H2,1H3,(H,21,24)/t13-/m0/s1. The molecule has 0 saturated carbocycles. The third-order valence-electron chi connectivity index (χ3n) is 3.46. The number of carbonyl (C=O) groups excluding carboxylic acids is 3. The second kappa shape index (κ2) is 8.99. The fraction of sp³-hybridized carbons (Fsp3) is 0.211. The lowest BCUT2D eigenvalue weighted by Gasteiger charge is -2.14. The van der Waals surface area contributed by atoms with Gasteiger partial charge in [0, 0.05) is 12.0 Å². The molecule has 1 atom stereocenters. The van der Waals surface area contributed by atoms with E-state index < -0.39 is 18.0 Å². The number of amides is 1. The molecule has 0 aliphatic rings. The van der Waals surface area contributed by atoms with Crippen molar-refractivity contribution in [2.45, 2.75) is 25.9 Å². The molecule has 2 rings (SSSR count). The number of benzene rings is 2. The van der Waals surface area contributed by atoms with Crippen molar-refractivity contribution in [2.24, 2.45) is 0 Å². The van der Waals surface area contributed by atoms with Gasteiger partial charge < -0.3 is 10.1 Å². The number of rotatable bonds is 7. The van der Waals surface area contributed by atoms with Gasteiger partial charge in [-0.25, -0.2) is 0 Å². The Labute approximate surface area is 150 Å². The first-order valence-corrected chi connectivity index (χ1v) is 8.18. The Hall–Kier alpha value is -2.66. The molecule has 1 N–H and O–H groups in total. The van der Waals surface area contributed by atoms with E-state index in [9.17, 15) is 14.4 Å². The first-order chi connectivity index (χ1) is 12.0. The van der Waals surface area contributed by atoms with Crippen LogP contribution in [0.5, 0.6) is 0 Å². The number of ether oxygens (including phenoxy) is 1. The number of Topliss-reactive ketones (excluding diaryl/α,β-unsaturated/α-hetero) is 1. The van der Waals surface area contributed by atoms with Crippen LogP contribution >= 0.6 is 11.6 Å². The summed E-state index contributed by atoms with van der Waals surface area (Å²) >= 11 is 5.96. The lowest BCUT2D eigenvalue weighted by Crippen LogP contribution is -2.30. The van der Waals surface area contributed by atoms with E-state index >= 15 is 0 Å². The highest BCUT2D eigenvalue weighted by atomic mass is 35.5. The monoisotopic (exact) mass is 359 g/mol. The lowest BCUT2D eigenvalue weighted by molar-refractivity contribution is -0.153. The molecule has 1 amide bonds. The van der Waals surface area contributed by atoms with Crippen LogP contribution in [0.1, 0.15) is 30.1 Å². The lowest BCUT2D eigenvalue weighted by atomic mass is 10.1. The van der Waals surface area contributed by atoms with E-state index in [0.717, 1.165) is 0 Å². The molecule has 0 radical (unpaired) electrons. The SMILES string of the molecule is C[C@H](OC(=O)CCC(=O)c1ccccc1)C(=O)Nc1ccccc1Cl. The van der Waals surface area contributed by atoms with Crippen LogP contribution in [0.4, 0.5) is 5.69 Å². The van der Waals surface area contributed by atoms with Crippen LogP contribution in [0, 0.1) is 0 Å². The maximum Gasteiger partial charge on any atom is 0.307 e. The summed E-state index contributed by atoms with van der Waals surface area (Å²) in [4.78, 5) is 35.8. The van der Waals surface area contributed by atoms with E-state index in [-0.39, 0.29) is 18.6 Å². The molecule has 0 unspecified atom stereocenters. The third-order valence-corrected chi connectivity index (χ3v) is 3.79. The average Bonchev–Trinajstić information content (AvgIpc) is 2.62. The maximum atomic E-state index is 12.0. The summed E-state index contributed by atoms with van der Waals surface area (Å²) in [5, 5.41) is 2.98. The molecular formula is C19H18ClNO4. The Morgan fingerprint density at radius 1 is 1.00 bits per heavy atom. The molecule has 0 fully saturated rings. The van der Waals surface area contributed by atoms with Gasteiger partial charge in [0.2, 0.25) is 0 Å². The van der Waals surface area contributed by atoms with Crippen LogP contribution < -0.4 is 5.32 Å². The van der Waals surface area contributed by atoms with Gasteiger partial charge >= 0.3 is 5.97 Å². The predicted octanol–water partition coefficient (Wildman–Crippen LogP) is 3.87. The molecule has 130 valence electrons. The quantitative estimate of drug-likeness (QED) is 0.601. The maximum absolute atomic E-state index is 12.0. The molecule has 2 aromatic carbocycles. The number of ketones is 1. The molecule has 0 spiro atoms. The minimum Gasteiger partial charge on any atom is -0.453 e. The van der Waals surface area contributed by atoms with Gasteiger partial charge in [-0.05, 0) is 19.1 Å². The smallest absolute Gasteiger partial charge is 0.307 e. The van der Waals surface area contributed by atoms with Crippen molar-refractivity contribution in [1.82, 2.24) is 0 Å². The Bertz CT molecular complexity index is 761. The van der Waals surface area contributed by atoms with E-state index in [4.69, 9.17) is 16.3 Å². The van der Waals surface area contributed by atoms with Crippen molar-refractivity contribution in [3.05, 3.63) is 65.2 Å². The Morgan fingerprint density at radius 2 is 1.64 bits per heavy atom. The van der Waals surface area contributed by atoms with Crippen LogP contribution in [0.25, 0.3) is 0 Å². The van der Waals surface area contributed by atoms with Gasteiger partial charge in [0.15, 0.2) is 11.9 Å². The zero-order valence-electron chi connectivity index (χ0n) is 13.7. The summed E-state index contributed by atoms with van der Waals surface area (Å²) in [6.45, 7) is 1.46. The second-order valence-corrected chi connectivity index (χ2v) is 5.80. The van der Waals surface area contributed by atoms with Gasteiger partial charge in [-0.2, -0.15) is 0 Å². The molecule has 6 heteroatoms. The van der Waals surface area contributed by atoms with Crippen LogP contribution in [-0.2, 0) is 14.3 Å². The highest BCUT2D eigenvalue weighted by Gasteiger charge is 2.19. The second-order valence-electron chi connectivity index (χ2n) is 5.39. The molecule has 0 heterocycles. The predicted molar refractivity (Wildman–Crippen MR) is 95.6 cm³/mol. The van der Waals surface area contributed by atoms with E-state index in [1.54, 1.807) is 48.5 Å². The van der Waals surface area contributed by atoms with E-state index in [0.29, 0.717) is 16.3 Å². The number of anilines is 1. The summed E-state index contributed by atoms with van der Waals surface area (Å²) < 4.78 is 5.06. The molecule has 25 heavy (non-hydrogen) atoms. The molecule has 0 aliphatic carbocycles. The molecule has 0 bridgehead atoms. The van der Waals surface area contributed by atoms with Gasteiger partial charge in [0.25, 0.3) is 5.91 Å². The van der Waals surface area contributed by atoms with Gasteiger partial charge in [0.05, 0.1) is 17.1 Å². The van der Waals surface area contributed by atoms with Crippen molar-refractivity contribution >= 4 is 34.9 Å². The zero-order valence-corrected chi connectivity index (χ0v) is 14.5. The van der Waals surface area contributed by atoms with Crippen molar-refractivity contribution in [3.63, 3.8) is 0 Å². The highest BCUT2D eigenvalue weighted by molar-refractivity contribution is 6.33. The summed E-state index contributed by atoms with van der Waals surface area (Å²) in [6.07, 6.45) is -1.05. The van der Waals surface area contributed by atoms with Crippen LogP contribution in [0.15, 0.2) is 54.6 Å². The molecule has 5 nitrogen and oxygen atoms in total. The number of nitrogens with one attached hydrogen (secondary N) is 1. The normalized spacial score (nSPS) is 11.4.